The topological polar surface area (TPSA) is 59.6 Å². The van der Waals surface area contributed by atoms with Gasteiger partial charge >= 0.3 is 0 Å². The molecule has 0 saturated heterocycles. The first-order valence-corrected chi connectivity index (χ1v) is 10.6. The van der Waals surface area contributed by atoms with Crippen molar-refractivity contribution in [1.29, 1.82) is 0 Å². The van der Waals surface area contributed by atoms with E-state index in [1.807, 2.05) is 49.4 Å². The molecule has 0 heterocycles. The first kappa shape index (κ1) is 22.0. The van der Waals surface area contributed by atoms with Gasteiger partial charge in [0.1, 0.15) is 11.5 Å². The Balaban J connectivity index is 1.51. The smallest absolute Gasteiger partial charge is 0.262 e. The predicted molar refractivity (Wildman–Crippen MR) is 125 cm³/mol. The summed E-state index contributed by atoms with van der Waals surface area (Å²) in [4.78, 5) is 12.1. The molecule has 0 aliphatic carbocycles. The molecule has 3 aromatic carbocycles. The molecule has 0 radical (unpaired) electrons. The van der Waals surface area contributed by atoms with Crippen LogP contribution in [0.5, 0.6) is 11.5 Å². The number of rotatable bonds is 9. The SMILES string of the molecule is CCOc1ccc(NCc2ccc(OCC(=O)Nc3ccccc3Cl)c(Br)c2)cc1. The Kier molecular flexibility index (Phi) is 7.99. The van der Waals surface area contributed by atoms with Gasteiger partial charge in [-0.2, -0.15) is 0 Å². The van der Waals surface area contributed by atoms with Gasteiger partial charge in [-0.3, -0.25) is 4.79 Å². The fourth-order valence-corrected chi connectivity index (χ4v) is 3.43. The zero-order valence-electron chi connectivity index (χ0n) is 16.5. The Morgan fingerprint density at radius 2 is 1.80 bits per heavy atom. The molecule has 5 nitrogen and oxygen atoms in total. The average Bonchev–Trinajstić information content (AvgIpc) is 2.74. The lowest BCUT2D eigenvalue weighted by Crippen LogP contribution is -2.20. The maximum absolute atomic E-state index is 12.1. The van der Waals surface area contributed by atoms with Crippen LogP contribution in [0.3, 0.4) is 0 Å². The van der Waals surface area contributed by atoms with E-state index >= 15 is 0 Å². The highest BCUT2D eigenvalue weighted by Crippen LogP contribution is 2.27. The number of anilines is 2. The van der Waals surface area contributed by atoms with Crippen molar-refractivity contribution in [3.8, 4) is 11.5 Å². The Labute approximate surface area is 189 Å². The van der Waals surface area contributed by atoms with Crippen molar-refractivity contribution in [2.24, 2.45) is 0 Å². The molecule has 3 aromatic rings. The lowest BCUT2D eigenvalue weighted by atomic mass is 10.2. The summed E-state index contributed by atoms with van der Waals surface area (Å²) >= 11 is 9.56. The molecule has 0 fully saturated rings. The lowest BCUT2D eigenvalue weighted by Gasteiger charge is -2.12. The van der Waals surface area contributed by atoms with E-state index in [-0.39, 0.29) is 12.5 Å². The second-order valence-corrected chi connectivity index (χ2v) is 7.65. The van der Waals surface area contributed by atoms with Crippen LogP contribution in [-0.4, -0.2) is 19.1 Å². The maximum Gasteiger partial charge on any atom is 0.262 e. The Bertz CT molecular complexity index is 996. The van der Waals surface area contributed by atoms with Crippen molar-refractivity contribution < 1.29 is 14.3 Å². The van der Waals surface area contributed by atoms with Crippen molar-refractivity contribution in [3.63, 3.8) is 0 Å². The van der Waals surface area contributed by atoms with E-state index in [1.54, 1.807) is 24.3 Å². The summed E-state index contributed by atoms with van der Waals surface area (Å²) in [7, 11) is 0. The number of para-hydroxylation sites is 1. The number of halogens is 2. The molecule has 2 N–H and O–H groups in total. The predicted octanol–water partition coefficient (Wildman–Crippen LogP) is 6.13. The molecule has 156 valence electrons. The van der Waals surface area contributed by atoms with Crippen LogP contribution in [0, 0.1) is 0 Å². The third kappa shape index (κ3) is 6.40. The number of hydrogen-bond acceptors (Lipinski definition) is 4. The van der Waals surface area contributed by atoms with Gasteiger partial charge in [-0.1, -0.05) is 29.8 Å². The van der Waals surface area contributed by atoms with Gasteiger partial charge in [-0.05, 0) is 76.9 Å². The minimum absolute atomic E-state index is 0.117. The molecule has 7 heteroatoms. The molecule has 0 bridgehead atoms. The fraction of sp³-hybridized carbons (Fsp3) is 0.174. The van der Waals surface area contributed by atoms with Gasteiger partial charge < -0.3 is 20.1 Å². The first-order chi connectivity index (χ1) is 14.5. The average molecular weight is 490 g/mol. The second kappa shape index (κ2) is 10.9. The zero-order chi connectivity index (χ0) is 21.3. The van der Waals surface area contributed by atoms with Crippen LogP contribution in [-0.2, 0) is 11.3 Å². The highest BCUT2D eigenvalue weighted by atomic mass is 79.9. The summed E-state index contributed by atoms with van der Waals surface area (Å²) in [6.45, 7) is 3.15. The van der Waals surface area contributed by atoms with Gasteiger partial charge in [-0.25, -0.2) is 0 Å². The van der Waals surface area contributed by atoms with Gasteiger partial charge in [-0.15, -0.1) is 0 Å². The van der Waals surface area contributed by atoms with Gasteiger partial charge in [0, 0.05) is 12.2 Å². The van der Waals surface area contributed by atoms with Gasteiger partial charge in [0.25, 0.3) is 5.91 Å². The number of benzene rings is 3. The third-order valence-electron chi connectivity index (χ3n) is 4.16. The second-order valence-electron chi connectivity index (χ2n) is 6.39. The number of amides is 1. The number of nitrogens with one attached hydrogen (secondary N) is 2. The van der Waals surface area contributed by atoms with Crippen molar-refractivity contribution >= 4 is 44.8 Å². The third-order valence-corrected chi connectivity index (χ3v) is 5.11. The quantitative estimate of drug-likeness (QED) is 0.379. The molecular formula is C23H22BrClN2O3. The Morgan fingerprint density at radius 1 is 1.03 bits per heavy atom. The highest BCUT2D eigenvalue weighted by molar-refractivity contribution is 9.10. The molecule has 0 saturated carbocycles. The maximum atomic E-state index is 12.1. The summed E-state index contributed by atoms with van der Waals surface area (Å²) in [6.07, 6.45) is 0. The standard InChI is InChI=1S/C23H22BrClN2O3/c1-2-29-18-10-8-17(9-11-18)26-14-16-7-12-22(19(24)13-16)30-15-23(28)27-21-6-4-3-5-20(21)25/h3-13,26H,2,14-15H2,1H3,(H,27,28). The Hall–Kier alpha value is -2.70. The number of ether oxygens (including phenoxy) is 2. The van der Waals surface area contributed by atoms with Gasteiger partial charge in [0.2, 0.25) is 0 Å². The summed E-state index contributed by atoms with van der Waals surface area (Å²) in [5, 5.41) is 6.58. The van der Waals surface area contributed by atoms with Gasteiger partial charge in [0.05, 0.1) is 21.8 Å². The van der Waals surface area contributed by atoms with E-state index in [2.05, 4.69) is 26.6 Å². The molecule has 0 spiro atoms. The van der Waals surface area contributed by atoms with Crippen LogP contribution in [0.2, 0.25) is 5.02 Å². The van der Waals surface area contributed by atoms with E-state index in [4.69, 9.17) is 21.1 Å². The molecule has 0 aliphatic heterocycles. The molecule has 30 heavy (non-hydrogen) atoms. The van der Waals surface area contributed by atoms with Crippen LogP contribution >= 0.6 is 27.5 Å². The Morgan fingerprint density at radius 3 is 2.50 bits per heavy atom. The summed E-state index contributed by atoms with van der Waals surface area (Å²) in [5.74, 6) is 1.16. The van der Waals surface area contributed by atoms with E-state index < -0.39 is 0 Å². The first-order valence-electron chi connectivity index (χ1n) is 9.47. The van der Waals surface area contributed by atoms with E-state index in [0.29, 0.717) is 29.6 Å². The molecule has 0 unspecified atom stereocenters. The number of carbonyl (C=O) groups is 1. The van der Waals surface area contributed by atoms with Crippen LogP contribution in [0.15, 0.2) is 71.2 Å². The minimum atomic E-state index is -0.281. The normalized spacial score (nSPS) is 10.4. The largest absolute Gasteiger partial charge is 0.494 e. The minimum Gasteiger partial charge on any atom is -0.494 e. The molecule has 1 amide bonds. The molecular weight excluding hydrogens is 468 g/mol. The van der Waals surface area contributed by atoms with Crippen molar-refractivity contribution in [1.82, 2.24) is 0 Å². The molecule has 0 aliphatic rings. The zero-order valence-corrected chi connectivity index (χ0v) is 18.8. The van der Waals surface area contributed by atoms with Crippen molar-refractivity contribution in [2.75, 3.05) is 23.8 Å². The van der Waals surface area contributed by atoms with Crippen LogP contribution in [0.1, 0.15) is 12.5 Å². The van der Waals surface area contributed by atoms with Gasteiger partial charge in [0.15, 0.2) is 6.61 Å². The van der Waals surface area contributed by atoms with Crippen molar-refractivity contribution in [2.45, 2.75) is 13.5 Å². The fourth-order valence-electron chi connectivity index (χ4n) is 2.70. The van der Waals surface area contributed by atoms with Crippen LogP contribution < -0.4 is 20.1 Å². The molecule has 3 rings (SSSR count). The van der Waals surface area contributed by atoms with E-state index in [9.17, 15) is 4.79 Å². The highest BCUT2D eigenvalue weighted by Gasteiger charge is 2.09. The molecule has 0 atom stereocenters. The van der Waals surface area contributed by atoms with Crippen molar-refractivity contribution in [3.05, 3.63) is 81.8 Å². The number of hydrogen-bond donors (Lipinski definition) is 2. The van der Waals surface area contributed by atoms with E-state index in [0.717, 1.165) is 21.5 Å². The summed E-state index contributed by atoms with van der Waals surface area (Å²) in [5.41, 5.74) is 2.64. The summed E-state index contributed by atoms with van der Waals surface area (Å²) < 4.78 is 11.9. The monoisotopic (exact) mass is 488 g/mol. The summed E-state index contributed by atoms with van der Waals surface area (Å²) in [6, 6.07) is 20.6. The number of carbonyl (C=O) groups excluding carboxylic acids is 1. The van der Waals surface area contributed by atoms with Crippen LogP contribution in [0.25, 0.3) is 0 Å². The van der Waals surface area contributed by atoms with E-state index in [1.165, 1.54) is 0 Å². The lowest BCUT2D eigenvalue weighted by molar-refractivity contribution is -0.118. The molecule has 0 aromatic heterocycles. The van der Waals surface area contributed by atoms with Crippen LogP contribution in [0.4, 0.5) is 11.4 Å².